The van der Waals surface area contributed by atoms with Crippen molar-refractivity contribution in [2.75, 3.05) is 5.73 Å². The maximum Gasteiger partial charge on any atom is 0.237 e. The molecular formula is CH3N5Zn. The molecule has 34 valence electrons. The van der Waals surface area contributed by atoms with Gasteiger partial charge in [-0.25, -0.2) is 5.10 Å². The molecule has 1 aromatic heterocycles. The molecule has 0 saturated carbocycles. The predicted octanol–water partition coefficient (Wildman–Crippen LogP) is -1.22. The van der Waals surface area contributed by atoms with E-state index in [1.165, 1.54) is 0 Å². The van der Waals surface area contributed by atoms with Crippen molar-refractivity contribution in [3.63, 3.8) is 0 Å². The summed E-state index contributed by atoms with van der Waals surface area (Å²) in [5.41, 5.74) is 4.99. The summed E-state index contributed by atoms with van der Waals surface area (Å²) in [7, 11) is 0. The number of aromatic nitrogens is 4. The second-order valence-corrected chi connectivity index (χ2v) is 0.786. The van der Waals surface area contributed by atoms with Crippen molar-refractivity contribution in [1.82, 2.24) is 20.6 Å². The van der Waals surface area contributed by atoms with E-state index in [2.05, 4.69) is 20.6 Å². The van der Waals surface area contributed by atoms with Gasteiger partial charge in [-0.1, -0.05) is 5.10 Å². The Morgan fingerprint density at radius 3 is 2.43 bits per heavy atom. The number of H-pyrrole nitrogens is 1. The number of tetrazole rings is 1. The van der Waals surface area contributed by atoms with E-state index in [0.29, 0.717) is 0 Å². The molecule has 0 saturated heterocycles. The van der Waals surface area contributed by atoms with Crippen LogP contribution in [0.1, 0.15) is 0 Å². The molecule has 0 bridgehead atoms. The number of aromatic amines is 1. The van der Waals surface area contributed by atoms with Gasteiger partial charge in [0.05, 0.1) is 0 Å². The van der Waals surface area contributed by atoms with Gasteiger partial charge >= 0.3 is 0 Å². The molecule has 0 atom stereocenters. The van der Waals surface area contributed by atoms with Gasteiger partial charge in [-0.2, -0.15) is 0 Å². The van der Waals surface area contributed by atoms with Crippen molar-refractivity contribution in [3.05, 3.63) is 0 Å². The first-order chi connectivity index (χ1) is 2.89. The average Bonchev–Trinajstić information content (AvgIpc) is 1.86. The number of nitrogens with zero attached hydrogens (tertiary/aromatic N) is 3. The van der Waals surface area contributed by atoms with Gasteiger partial charge in [0.15, 0.2) is 0 Å². The molecule has 0 aliphatic carbocycles. The van der Waals surface area contributed by atoms with Gasteiger partial charge in [-0.15, -0.1) is 0 Å². The van der Waals surface area contributed by atoms with Crippen LogP contribution in [0.4, 0.5) is 5.95 Å². The van der Waals surface area contributed by atoms with E-state index in [1.54, 1.807) is 0 Å². The molecule has 7 heavy (non-hydrogen) atoms. The summed E-state index contributed by atoms with van der Waals surface area (Å²) in [5, 5.41) is 11.9. The summed E-state index contributed by atoms with van der Waals surface area (Å²) in [5.74, 6) is 0.245. The minimum atomic E-state index is 0. The van der Waals surface area contributed by atoms with Crippen molar-refractivity contribution in [1.29, 1.82) is 0 Å². The zero-order valence-corrected chi connectivity index (χ0v) is 6.59. The second kappa shape index (κ2) is 2.63. The van der Waals surface area contributed by atoms with Crippen LogP contribution in [0.25, 0.3) is 0 Å². The largest absolute Gasteiger partial charge is 0.367 e. The Morgan fingerprint density at radius 1 is 1.57 bits per heavy atom. The third-order valence-electron chi connectivity index (χ3n) is 0.362. The zero-order valence-electron chi connectivity index (χ0n) is 3.63. The fourth-order valence-corrected chi connectivity index (χ4v) is 0.166. The molecule has 0 unspecified atom stereocenters. The Morgan fingerprint density at radius 2 is 2.29 bits per heavy atom. The summed E-state index contributed by atoms with van der Waals surface area (Å²) in [4.78, 5) is 0. The number of hydrogen-bond acceptors (Lipinski definition) is 4. The topological polar surface area (TPSA) is 80.5 Å². The van der Waals surface area contributed by atoms with Crippen LogP contribution < -0.4 is 5.73 Å². The molecule has 0 radical (unpaired) electrons. The van der Waals surface area contributed by atoms with Gasteiger partial charge in [-0.3, -0.25) is 0 Å². The Hall–Kier alpha value is -0.507. The minimum Gasteiger partial charge on any atom is -0.367 e. The molecular weight excluding hydrogens is 147 g/mol. The number of hydrogen-bond donors (Lipinski definition) is 2. The van der Waals surface area contributed by atoms with Crippen LogP contribution in [0.2, 0.25) is 0 Å². The first-order valence-electron chi connectivity index (χ1n) is 1.39. The third-order valence-corrected chi connectivity index (χ3v) is 0.362. The van der Waals surface area contributed by atoms with Gasteiger partial charge in [0.25, 0.3) is 0 Å². The summed E-state index contributed by atoms with van der Waals surface area (Å²) in [6, 6.07) is 0. The van der Waals surface area contributed by atoms with E-state index in [-0.39, 0.29) is 25.4 Å². The standard InChI is InChI=1S/CH3N5.Zn/c2-1-3-5-6-4-1;/h(H3,2,3,4,5,6);. The average molecular weight is 150 g/mol. The second-order valence-electron chi connectivity index (χ2n) is 0.786. The summed E-state index contributed by atoms with van der Waals surface area (Å²) in [6.07, 6.45) is 0. The molecule has 0 amide bonds. The first kappa shape index (κ1) is 6.49. The van der Waals surface area contributed by atoms with Gasteiger partial charge in [0.1, 0.15) is 0 Å². The Kier molecular flexibility index (Phi) is 2.44. The molecule has 0 aliphatic heterocycles. The van der Waals surface area contributed by atoms with Crippen LogP contribution in [-0.2, 0) is 19.5 Å². The number of nitrogen functional groups attached to an aromatic ring is 1. The van der Waals surface area contributed by atoms with E-state index in [1.807, 2.05) is 0 Å². The first-order valence-corrected chi connectivity index (χ1v) is 1.39. The Balaban J connectivity index is 0.000000360. The zero-order chi connectivity index (χ0) is 4.41. The molecule has 3 N–H and O–H groups in total. The van der Waals surface area contributed by atoms with E-state index < -0.39 is 0 Å². The van der Waals surface area contributed by atoms with Crippen molar-refractivity contribution in [3.8, 4) is 0 Å². The van der Waals surface area contributed by atoms with Crippen LogP contribution in [0.5, 0.6) is 0 Å². The van der Waals surface area contributed by atoms with E-state index in [4.69, 9.17) is 5.73 Å². The summed E-state index contributed by atoms with van der Waals surface area (Å²) in [6.45, 7) is 0. The molecule has 0 aliphatic rings. The van der Waals surface area contributed by atoms with Gasteiger partial charge in [0, 0.05) is 19.5 Å². The van der Waals surface area contributed by atoms with Crippen LogP contribution in [-0.4, -0.2) is 20.6 Å². The fraction of sp³-hybridized carbons (Fsp3) is 0. The van der Waals surface area contributed by atoms with Crippen molar-refractivity contribution in [2.45, 2.75) is 0 Å². The van der Waals surface area contributed by atoms with Crippen LogP contribution >= 0.6 is 0 Å². The minimum absolute atomic E-state index is 0. The van der Waals surface area contributed by atoms with Crippen LogP contribution in [0.3, 0.4) is 0 Å². The van der Waals surface area contributed by atoms with Crippen molar-refractivity contribution in [2.24, 2.45) is 0 Å². The van der Waals surface area contributed by atoms with Gasteiger partial charge < -0.3 is 5.73 Å². The van der Waals surface area contributed by atoms with E-state index >= 15 is 0 Å². The maximum atomic E-state index is 4.99. The molecule has 6 heteroatoms. The smallest absolute Gasteiger partial charge is 0.237 e. The van der Waals surface area contributed by atoms with Crippen LogP contribution in [0.15, 0.2) is 0 Å². The summed E-state index contributed by atoms with van der Waals surface area (Å²) >= 11 is 0. The fourth-order valence-electron chi connectivity index (χ4n) is 0.166. The molecule has 0 aromatic carbocycles. The number of nitrogens with one attached hydrogen (secondary N) is 1. The third kappa shape index (κ3) is 1.59. The Labute approximate surface area is 52.4 Å². The maximum absolute atomic E-state index is 4.99. The number of rotatable bonds is 0. The SMILES string of the molecule is Nc1nnn[nH]1.[Zn]. The predicted molar refractivity (Wildman–Crippen MR) is 18.6 cm³/mol. The molecule has 1 heterocycles. The van der Waals surface area contributed by atoms with Crippen molar-refractivity contribution < 1.29 is 19.5 Å². The number of nitrogens with two attached hydrogens (primary N) is 1. The van der Waals surface area contributed by atoms with Gasteiger partial charge in [0.2, 0.25) is 5.95 Å². The van der Waals surface area contributed by atoms with E-state index in [9.17, 15) is 0 Å². The monoisotopic (exact) mass is 149 g/mol. The molecule has 1 aromatic rings. The molecule has 0 spiro atoms. The van der Waals surface area contributed by atoms with Gasteiger partial charge in [-0.05, 0) is 10.4 Å². The van der Waals surface area contributed by atoms with Crippen molar-refractivity contribution >= 4 is 5.95 Å². The van der Waals surface area contributed by atoms with E-state index in [0.717, 1.165) is 0 Å². The van der Waals surface area contributed by atoms with Crippen LogP contribution in [0, 0.1) is 0 Å². The summed E-state index contributed by atoms with van der Waals surface area (Å²) < 4.78 is 0. The molecule has 0 fully saturated rings. The normalized spacial score (nSPS) is 7.43. The number of anilines is 1. The molecule has 1 rings (SSSR count). The quantitative estimate of drug-likeness (QED) is 0.454. The molecule has 5 nitrogen and oxygen atoms in total. The Bertz CT molecular complexity index is 112.